The van der Waals surface area contributed by atoms with Crippen molar-refractivity contribution in [3.63, 3.8) is 0 Å². The Morgan fingerprint density at radius 1 is 1.03 bits per heavy atom. The van der Waals surface area contributed by atoms with Gasteiger partial charge in [0.1, 0.15) is 11.7 Å². The molecule has 2 aliphatic rings. The normalized spacial score (nSPS) is 19.4. The number of anilines is 3. The number of amides is 1. The molecule has 2 unspecified atom stereocenters. The van der Waals surface area contributed by atoms with Gasteiger partial charge in [-0.1, -0.05) is 42.5 Å². The molecule has 196 valence electrons. The Morgan fingerprint density at radius 2 is 1.71 bits per heavy atom. The third-order valence-electron chi connectivity index (χ3n) is 7.91. The van der Waals surface area contributed by atoms with Crippen LogP contribution < -0.4 is 20.7 Å². The van der Waals surface area contributed by atoms with Crippen LogP contribution in [0.1, 0.15) is 49.3 Å². The van der Waals surface area contributed by atoms with Crippen LogP contribution in [-0.4, -0.2) is 42.1 Å². The average Bonchev–Trinajstić information content (AvgIpc) is 2.94. The van der Waals surface area contributed by atoms with Gasteiger partial charge in [0.25, 0.3) is 5.56 Å². The second kappa shape index (κ2) is 11.1. The predicted octanol–water partition coefficient (Wildman–Crippen LogP) is 4.30. The molecule has 2 N–H and O–H groups in total. The van der Waals surface area contributed by atoms with Crippen molar-refractivity contribution in [2.75, 3.05) is 41.3 Å². The van der Waals surface area contributed by atoms with Crippen LogP contribution in [0.5, 0.6) is 0 Å². The first kappa shape index (κ1) is 25.5. The number of H-pyrrole nitrogens is 1. The van der Waals surface area contributed by atoms with E-state index >= 15 is 0 Å². The Hall–Kier alpha value is -4.12. The van der Waals surface area contributed by atoms with E-state index in [0.717, 1.165) is 56.7 Å². The smallest absolute Gasteiger partial charge is 0.258 e. The zero-order valence-electron chi connectivity index (χ0n) is 22.0. The van der Waals surface area contributed by atoms with Gasteiger partial charge in [-0.25, -0.2) is 0 Å². The summed E-state index contributed by atoms with van der Waals surface area (Å²) in [4.78, 5) is 38.4. The zero-order chi connectivity index (χ0) is 26.6. The number of nitriles is 1. The number of benzene rings is 2. The maximum Gasteiger partial charge on any atom is 0.258 e. The second-order valence-corrected chi connectivity index (χ2v) is 10.1. The van der Waals surface area contributed by atoms with Crippen LogP contribution in [0.15, 0.2) is 59.4 Å². The van der Waals surface area contributed by atoms with Gasteiger partial charge in [0.2, 0.25) is 11.9 Å². The van der Waals surface area contributed by atoms with Gasteiger partial charge < -0.3 is 15.1 Å². The molecule has 8 nitrogen and oxygen atoms in total. The molecule has 1 saturated heterocycles. The van der Waals surface area contributed by atoms with Gasteiger partial charge in [0.15, 0.2) is 0 Å². The van der Waals surface area contributed by atoms with Gasteiger partial charge in [0.05, 0.1) is 11.6 Å². The number of nitrogens with one attached hydrogen (secondary N) is 2. The first-order valence-corrected chi connectivity index (χ1v) is 13.5. The van der Waals surface area contributed by atoms with Crippen molar-refractivity contribution in [1.82, 2.24) is 9.97 Å². The molecule has 0 radical (unpaired) electrons. The molecule has 2 atom stereocenters. The summed E-state index contributed by atoms with van der Waals surface area (Å²) < 4.78 is 0. The minimum Gasteiger partial charge on any atom is -0.372 e. The van der Waals surface area contributed by atoms with Gasteiger partial charge in [0, 0.05) is 37.8 Å². The minimum absolute atomic E-state index is 0.254. The Kier molecular flexibility index (Phi) is 7.45. The second-order valence-electron chi connectivity index (χ2n) is 10.1. The number of aromatic nitrogens is 2. The highest BCUT2D eigenvalue weighted by Gasteiger charge is 2.40. The maximum atomic E-state index is 13.5. The highest BCUT2D eigenvalue weighted by atomic mass is 16.2. The van der Waals surface area contributed by atoms with Crippen molar-refractivity contribution >= 4 is 23.4 Å². The molecule has 2 aromatic carbocycles. The fourth-order valence-corrected chi connectivity index (χ4v) is 5.79. The monoisotopic (exact) mass is 510 g/mol. The zero-order valence-corrected chi connectivity index (χ0v) is 22.0. The number of nitrogens with zero attached hydrogens (tertiary/aromatic N) is 4. The van der Waals surface area contributed by atoms with Crippen LogP contribution in [0.4, 0.5) is 17.5 Å². The van der Waals surface area contributed by atoms with Gasteiger partial charge >= 0.3 is 0 Å². The molecule has 3 heterocycles. The van der Waals surface area contributed by atoms with Gasteiger partial charge in [-0.2, -0.15) is 10.2 Å². The Morgan fingerprint density at radius 3 is 2.34 bits per heavy atom. The van der Waals surface area contributed by atoms with Crippen molar-refractivity contribution in [3.05, 3.63) is 81.6 Å². The van der Waals surface area contributed by atoms with Crippen LogP contribution in [-0.2, 0) is 11.2 Å². The largest absolute Gasteiger partial charge is 0.372 e. The Bertz CT molecular complexity index is 1370. The summed E-state index contributed by atoms with van der Waals surface area (Å²) in [6.45, 7) is 7.51. The third kappa shape index (κ3) is 5.01. The van der Waals surface area contributed by atoms with Crippen molar-refractivity contribution in [2.24, 2.45) is 11.8 Å². The highest BCUT2D eigenvalue weighted by Crippen LogP contribution is 2.39. The van der Waals surface area contributed by atoms with Crippen LogP contribution in [0.2, 0.25) is 0 Å². The lowest BCUT2D eigenvalue weighted by atomic mass is 9.79. The lowest BCUT2D eigenvalue weighted by Gasteiger charge is -2.34. The van der Waals surface area contributed by atoms with E-state index in [-0.39, 0.29) is 11.4 Å². The number of piperidine rings is 1. The summed E-state index contributed by atoms with van der Waals surface area (Å²) in [7, 11) is 0. The van der Waals surface area contributed by atoms with Crippen LogP contribution >= 0.6 is 0 Å². The molecular formula is C30H34N6O2. The number of hydrogen-bond acceptors (Lipinski definition) is 6. The lowest BCUT2D eigenvalue weighted by Crippen LogP contribution is -2.41. The van der Waals surface area contributed by atoms with Crippen LogP contribution in [0, 0.1) is 23.2 Å². The lowest BCUT2D eigenvalue weighted by molar-refractivity contribution is -0.119. The molecule has 0 bridgehead atoms. The molecule has 8 heteroatoms. The molecule has 5 rings (SSSR count). The molecular weight excluding hydrogens is 476 g/mol. The van der Waals surface area contributed by atoms with Gasteiger partial charge in [-0.3, -0.25) is 14.6 Å². The molecule has 3 aromatic rings. The van der Waals surface area contributed by atoms with Gasteiger partial charge in [-0.15, -0.1) is 0 Å². The summed E-state index contributed by atoms with van der Waals surface area (Å²) in [6.07, 6.45) is 3.04. The van der Waals surface area contributed by atoms with Crippen LogP contribution in [0.3, 0.4) is 0 Å². The summed E-state index contributed by atoms with van der Waals surface area (Å²) in [5.41, 5.74) is 3.19. The standard InChI is InChI=1S/C30H34N6O2/c1-3-35(4-2)23-12-10-22(11-13-23)25-24(19-31)28(37)32-27-26(25)29(38)34-30(33-27)36-16-14-21(15-17-36)18-20-8-6-5-7-9-20/h5-13,21,24-25H,3-4,14-18H2,1-2H3,(H2,32,33,34,37,38). The summed E-state index contributed by atoms with van der Waals surface area (Å²) in [6, 6.07) is 20.4. The van der Waals surface area contributed by atoms with E-state index in [2.05, 4.69) is 64.3 Å². The SMILES string of the molecule is CCN(CC)c1ccc(C2c3c(nc(N4CCC(Cc5ccccc5)CC4)[nH]c3=O)NC(=O)C2C#N)cc1. The molecule has 1 aromatic heterocycles. The number of aromatic amines is 1. The Balaban J connectivity index is 1.40. The van der Waals surface area contributed by atoms with Gasteiger partial charge in [-0.05, 0) is 62.3 Å². The topological polar surface area (TPSA) is 105 Å². The molecule has 1 amide bonds. The van der Waals surface area contributed by atoms with E-state index in [1.807, 2.05) is 30.3 Å². The van der Waals surface area contributed by atoms with E-state index in [0.29, 0.717) is 17.4 Å². The molecule has 0 aliphatic carbocycles. The third-order valence-corrected chi connectivity index (χ3v) is 7.91. The van der Waals surface area contributed by atoms with Crippen molar-refractivity contribution < 1.29 is 4.79 Å². The number of fused-ring (bicyclic) bond motifs is 1. The van der Waals surface area contributed by atoms with Crippen LogP contribution in [0.25, 0.3) is 0 Å². The molecule has 2 aliphatic heterocycles. The quantitative estimate of drug-likeness (QED) is 0.491. The van der Waals surface area contributed by atoms with Crippen molar-refractivity contribution in [2.45, 2.75) is 39.0 Å². The summed E-state index contributed by atoms with van der Waals surface area (Å²) >= 11 is 0. The fourth-order valence-electron chi connectivity index (χ4n) is 5.79. The fraction of sp³-hybridized carbons (Fsp3) is 0.400. The number of hydrogen-bond donors (Lipinski definition) is 2. The average molecular weight is 511 g/mol. The summed E-state index contributed by atoms with van der Waals surface area (Å²) in [5.74, 6) is -0.815. The molecule has 1 fully saturated rings. The number of carbonyl (C=O) groups is 1. The molecule has 0 saturated carbocycles. The van der Waals surface area contributed by atoms with E-state index in [9.17, 15) is 14.9 Å². The first-order valence-electron chi connectivity index (χ1n) is 13.5. The number of carbonyl (C=O) groups excluding carboxylic acids is 1. The summed E-state index contributed by atoms with van der Waals surface area (Å²) in [5, 5.41) is 12.6. The highest BCUT2D eigenvalue weighted by molar-refractivity contribution is 5.98. The van der Waals surface area contributed by atoms with E-state index < -0.39 is 17.7 Å². The maximum absolute atomic E-state index is 13.5. The van der Waals surface area contributed by atoms with Crippen molar-refractivity contribution in [3.8, 4) is 6.07 Å². The minimum atomic E-state index is -1.01. The molecule has 38 heavy (non-hydrogen) atoms. The molecule has 0 spiro atoms. The van der Waals surface area contributed by atoms with E-state index in [4.69, 9.17) is 4.98 Å². The predicted molar refractivity (Wildman–Crippen MR) is 150 cm³/mol. The number of rotatable bonds is 7. The van der Waals surface area contributed by atoms with E-state index in [1.54, 1.807) is 0 Å². The van der Waals surface area contributed by atoms with E-state index in [1.165, 1.54) is 5.56 Å². The van der Waals surface area contributed by atoms with Crippen molar-refractivity contribution in [1.29, 1.82) is 5.26 Å². The first-order chi connectivity index (χ1) is 18.5. The Labute approximate surface area is 223 Å².